The molecule has 0 unspecified atom stereocenters. The molecule has 8 nitrogen and oxygen atoms in total. The minimum atomic E-state index is -4.06. The lowest BCUT2D eigenvalue weighted by molar-refractivity contribution is -0.139. The zero-order chi connectivity index (χ0) is 26.1. The molecule has 36 heavy (non-hydrogen) atoms. The number of hydrogen-bond acceptors (Lipinski definition) is 5. The zero-order valence-corrected chi connectivity index (χ0v) is 21.4. The molecule has 0 bridgehead atoms. The molecule has 0 saturated carbocycles. The standard InChI is InChI=1S/C27H31N3O5S/c1-4-28-27(32)21(2)29(19-22-12-11-15-24(18-22)35-3)26(31)20-30(23-13-7-5-8-14-23)36(33,34)25-16-9-6-10-17-25/h5-18,21H,4,19-20H2,1-3H3,(H,28,32)/t21-/m1/s1. The number of sulfonamides is 1. The van der Waals surface area contributed by atoms with Crippen LogP contribution in [0.2, 0.25) is 0 Å². The summed E-state index contributed by atoms with van der Waals surface area (Å²) < 4.78 is 33.6. The predicted molar refractivity (Wildman–Crippen MR) is 139 cm³/mol. The van der Waals surface area contributed by atoms with Gasteiger partial charge in [0.15, 0.2) is 0 Å². The molecule has 3 aromatic rings. The van der Waals surface area contributed by atoms with E-state index in [4.69, 9.17) is 4.74 Å². The van der Waals surface area contributed by atoms with Gasteiger partial charge < -0.3 is 15.0 Å². The SMILES string of the molecule is CCNC(=O)[C@@H](C)N(Cc1cccc(OC)c1)C(=O)CN(c1ccccc1)S(=O)(=O)c1ccccc1. The maximum atomic E-state index is 13.7. The van der Waals surface area contributed by atoms with Gasteiger partial charge in [0.2, 0.25) is 11.8 Å². The molecule has 9 heteroatoms. The van der Waals surface area contributed by atoms with Crippen molar-refractivity contribution >= 4 is 27.5 Å². The van der Waals surface area contributed by atoms with Gasteiger partial charge in [-0.25, -0.2) is 8.42 Å². The number of likely N-dealkylation sites (N-methyl/N-ethyl adjacent to an activating group) is 1. The number of hydrogen-bond donors (Lipinski definition) is 1. The molecular weight excluding hydrogens is 478 g/mol. The summed E-state index contributed by atoms with van der Waals surface area (Å²) in [4.78, 5) is 27.9. The van der Waals surface area contributed by atoms with Crippen molar-refractivity contribution in [2.75, 3.05) is 24.5 Å². The fourth-order valence-corrected chi connectivity index (χ4v) is 5.15. The van der Waals surface area contributed by atoms with Gasteiger partial charge in [-0.1, -0.05) is 48.5 Å². The zero-order valence-electron chi connectivity index (χ0n) is 20.6. The number of anilines is 1. The normalized spacial score (nSPS) is 11.9. The van der Waals surface area contributed by atoms with Crippen LogP contribution >= 0.6 is 0 Å². The highest BCUT2D eigenvalue weighted by Gasteiger charge is 2.32. The number of amides is 2. The molecular formula is C27H31N3O5S. The highest BCUT2D eigenvalue weighted by atomic mass is 32.2. The van der Waals surface area contributed by atoms with Gasteiger partial charge >= 0.3 is 0 Å². The average Bonchev–Trinajstić information content (AvgIpc) is 2.91. The van der Waals surface area contributed by atoms with Gasteiger partial charge in [0.1, 0.15) is 18.3 Å². The molecule has 0 saturated heterocycles. The highest BCUT2D eigenvalue weighted by molar-refractivity contribution is 7.92. The Bertz CT molecular complexity index is 1270. The molecule has 1 N–H and O–H groups in total. The fourth-order valence-electron chi connectivity index (χ4n) is 3.71. The summed E-state index contributed by atoms with van der Waals surface area (Å²) in [5.41, 5.74) is 1.10. The van der Waals surface area contributed by atoms with Crippen molar-refractivity contribution in [1.29, 1.82) is 0 Å². The molecule has 3 rings (SSSR count). The third kappa shape index (κ3) is 6.42. The Morgan fingerprint density at radius 3 is 2.19 bits per heavy atom. The number of methoxy groups -OCH3 is 1. The van der Waals surface area contributed by atoms with Crippen molar-refractivity contribution in [2.24, 2.45) is 0 Å². The molecule has 3 aromatic carbocycles. The first-order chi connectivity index (χ1) is 17.3. The molecule has 0 spiro atoms. The second kappa shape index (κ2) is 12.2. The summed E-state index contributed by atoms with van der Waals surface area (Å²) in [6.07, 6.45) is 0. The Morgan fingerprint density at radius 2 is 1.58 bits per heavy atom. The van der Waals surface area contributed by atoms with E-state index in [0.717, 1.165) is 9.87 Å². The lowest BCUT2D eigenvalue weighted by Gasteiger charge is -2.32. The molecule has 190 valence electrons. The predicted octanol–water partition coefficient (Wildman–Crippen LogP) is 3.44. The van der Waals surface area contributed by atoms with E-state index in [9.17, 15) is 18.0 Å². The molecule has 0 aliphatic carbocycles. The summed E-state index contributed by atoms with van der Waals surface area (Å²) in [6.45, 7) is 3.45. The first kappa shape index (κ1) is 26.7. The van der Waals surface area contributed by atoms with E-state index < -0.39 is 28.5 Å². The topological polar surface area (TPSA) is 96.0 Å². The molecule has 2 amide bonds. The van der Waals surface area contributed by atoms with Crippen molar-refractivity contribution in [1.82, 2.24) is 10.2 Å². The van der Waals surface area contributed by atoms with Crippen LogP contribution in [-0.2, 0) is 26.2 Å². The average molecular weight is 510 g/mol. The van der Waals surface area contributed by atoms with E-state index in [1.54, 1.807) is 87.7 Å². The third-order valence-electron chi connectivity index (χ3n) is 5.66. The summed E-state index contributed by atoms with van der Waals surface area (Å²) in [5.74, 6) is -0.228. The number of nitrogens with one attached hydrogen (secondary N) is 1. The molecule has 0 aliphatic heterocycles. The van der Waals surface area contributed by atoms with Crippen LogP contribution in [-0.4, -0.2) is 51.4 Å². The summed E-state index contributed by atoms with van der Waals surface area (Å²) in [5, 5.41) is 2.74. The van der Waals surface area contributed by atoms with Crippen LogP contribution in [0.25, 0.3) is 0 Å². The van der Waals surface area contributed by atoms with Crippen LogP contribution in [0.5, 0.6) is 5.75 Å². The Balaban J connectivity index is 1.99. The largest absolute Gasteiger partial charge is 0.497 e. The number of carbonyl (C=O) groups excluding carboxylic acids is 2. The summed E-state index contributed by atoms with van der Waals surface area (Å²) in [7, 11) is -2.51. The van der Waals surface area contributed by atoms with Crippen molar-refractivity contribution in [3.05, 3.63) is 90.5 Å². The number of para-hydroxylation sites is 1. The van der Waals surface area contributed by atoms with E-state index in [-0.39, 0.29) is 17.3 Å². The molecule has 0 aliphatic rings. The minimum absolute atomic E-state index is 0.0674. The highest BCUT2D eigenvalue weighted by Crippen LogP contribution is 2.24. The van der Waals surface area contributed by atoms with Crippen molar-refractivity contribution in [2.45, 2.75) is 31.3 Å². The smallest absolute Gasteiger partial charge is 0.264 e. The van der Waals surface area contributed by atoms with Crippen molar-refractivity contribution in [3.8, 4) is 5.75 Å². The van der Waals surface area contributed by atoms with Crippen LogP contribution in [0.3, 0.4) is 0 Å². The monoisotopic (exact) mass is 509 g/mol. The number of ether oxygens (including phenoxy) is 1. The summed E-state index contributed by atoms with van der Waals surface area (Å²) >= 11 is 0. The van der Waals surface area contributed by atoms with Crippen molar-refractivity contribution < 1.29 is 22.7 Å². The molecule has 1 atom stereocenters. The van der Waals surface area contributed by atoms with Gasteiger partial charge in [-0.2, -0.15) is 0 Å². The quantitative estimate of drug-likeness (QED) is 0.427. The van der Waals surface area contributed by atoms with Gasteiger partial charge in [-0.15, -0.1) is 0 Å². The van der Waals surface area contributed by atoms with Crippen molar-refractivity contribution in [3.63, 3.8) is 0 Å². The van der Waals surface area contributed by atoms with Gasteiger partial charge in [-0.3, -0.25) is 13.9 Å². The number of nitrogens with zero attached hydrogens (tertiary/aromatic N) is 2. The molecule has 0 radical (unpaired) electrons. The second-order valence-electron chi connectivity index (χ2n) is 8.10. The van der Waals surface area contributed by atoms with Gasteiger partial charge in [-0.05, 0) is 55.8 Å². The first-order valence-electron chi connectivity index (χ1n) is 11.6. The summed E-state index contributed by atoms with van der Waals surface area (Å²) in [6, 6.07) is 22.8. The van der Waals surface area contributed by atoms with Gasteiger partial charge in [0.05, 0.1) is 17.7 Å². The first-order valence-corrected chi connectivity index (χ1v) is 13.0. The number of carbonyl (C=O) groups is 2. The van der Waals surface area contributed by atoms with E-state index in [1.165, 1.54) is 17.0 Å². The van der Waals surface area contributed by atoms with E-state index in [2.05, 4.69) is 5.32 Å². The van der Waals surface area contributed by atoms with Gasteiger partial charge in [0, 0.05) is 13.1 Å². The number of rotatable bonds is 11. The van der Waals surface area contributed by atoms with E-state index in [0.29, 0.717) is 18.0 Å². The fraction of sp³-hybridized carbons (Fsp3) is 0.259. The maximum Gasteiger partial charge on any atom is 0.264 e. The third-order valence-corrected chi connectivity index (χ3v) is 7.45. The van der Waals surface area contributed by atoms with Crippen LogP contribution < -0.4 is 14.4 Å². The molecule has 0 fully saturated rings. The van der Waals surface area contributed by atoms with Crippen LogP contribution in [0.1, 0.15) is 19.4 Å². The van der Waals surface area contributed by atoms with E-state index >= 15 is 0 Å². The maximum absolute atomic E-state index is 13.7. The minimum Gasteiger partial charge on any atom is -0.497 e. The van der Waals surface area contributed by atoms with Crippen LogP contribution in [0.4, 0.5) is 5.69 Å². The second-order valence-corrected chi connectivity index (χ2v) is 9.97. The molecule has 0 heterocycles. The number of benzene rings is 3. The van der Waals surface area contributed by atoms with Crippen LogP contribution in [0.15, 0.2) is 89.8 Å². The Kier molecular flexibility index (Phi) is 9.08. The Hall–Kier alpha value is -3.85. The molecule has 0 aromatic heterocycles. The van der Waals surface area contributed by atoms with Crippen LogP contribution in [0, 0.1) is 0 Å². The lowest BCUT2D eigenvalue weighted by atomic mass is 10.1. The Morgan fingerprint density at radius 1 is 0.944 bits per heavy atom. The lowest BCUT2D eigenvalue weighted by Crippen LogP contribution is -2.51. The Labute approximate surface area is 212 Å². The van der Waals surface area contributed by atoms with E-state index in [1.807, 2.05) is 6.07 Å². The van der Waals surface area contributed by atoms with Gasteiger partial charge in [0.25, 0.3) is 10.0 Å².